The minimum absolute atomic E-state index is 0.0263. The Bertz CT molecular complexity index is 193. The molecule has 0 saturated carbocycles. The lowest BCUT2D eigenvalue weighted by atomic mass is 9.83. The first kappa shape index (κ1) is 12.0. The van der Waals surface area contributed by atoms with Gasteiger partial charge in [-0.05, 0) is 25.7 Å². The van der Waals surface area contributed by atoms with Crippen LogP contribution >= 0.6 is 0 Å². The van der Waals surface area contributed by atoms with Gasteiger partial charge in [-0.15, -0.1) is 0 Å². The van der Waals surface area contributed by atoms with Crippen LogP contribution in [0.2, 0.25) is 0 Å². The van der Waals surface area contributed by atoms with Gasteiger partial charge < -0.3 is 10.1 Å². The van der Waals surface area contributed by atoms with Gasteiger partial charge in [0.1, 0.15) is 0 Å². The molecule has 1 aliphatic heterocycles. The van der Waals surface area contributed by atoms with Gasteiger partial charge in [0.05, 0.1) is 11.2 Å². The summed E-state index contributed by atoms with van der Waals surface area (Å²) in [5.74, 6) is 0.575. The highest BCUT2D eigenvalue weighted by Gasteiger charge is 2.42. The molecular weight excluding hydrogens is 174 g/mol. The summed E-state index contributed by atoms with van der Waals surface area (Å²) in [4.78, 5) is 0. The molecule has 84 valence electrons. The van der Waals surface area contributed by atoms with Gasteiger partial charge in [0.15, 0.2) is 0 Å². The van der Waals surface area contributed by atoms with Crippen LogP contribution in [0.15, 0.2) is 0 Å². The molecule has 0 bridgehead atoms. The highest BCUT2D eigenvalue weighted by Crippen LogP contribution is 2.34. The fourth-order valence-electron chi connectivity index (χ4n) is 2.23. The quantitative estimate of drug-likeness (QED) is 0.754. The molecule has 2 nitrogen and oxygen atoms in total. The van der Waals surface area contributed by atoms with Crippen molar-refractivity contribution in [2.24, 2.45) is 5.92 Å². The van der Waals surface area contributed by atoms with E-state index in [1.54, 1.807) is 0 Å². The molecule has 1 fully saturated rings. The number of ether oxygens (including phenoxy) is 1. The molecule has 0 aromatic carbocycles. The summed E-state index contributed by atoms with van der Waals surface area (Å²) in [5, 5.41) is 3.52. The first-order valence-corrected chi connectivity index (χ1v) is 5.89. The van der Waals surface area contributed by atoms with Crippen LogP contribution in [0, 0.1) is 5.92 Å². The van der Waals surface area contributed by atoms with E-state index in [-0.39, 0.29) is 11.2 Å². The van der Waals surface area contributed by atoms with Crippen LogP contribution in [-0.2, 0) is 4.74 Å². The third kappa shape index (κ3) is 2.12. The fourth-order valence-corrected chi connectivity index (χ4v) is 2.23. The molecule has 1 rings (SSSR count). The zero-order valence-corrected chi connectivity index (χ0v) is 10.3. The third-order valence-electron chi connectivity index (χ3n) is 3.77. The van der Waals surface area contributed by atoms with Crippen LogP contribution in [0.4, 0.5) is 0 Å². The molecule has 2 heteroatoms. The zero-order chi connectivity index (χ0) is 10.8. The van der Waals surface area contributed by atoms with E-state index in [4.69, 9.17) is 4.74 Å². The van der Waals surface area contributed by atoms with Crippen LogP contribution in [0.3, 0.4) is 0 Å². The number of nitrogens with one attached hydrogen (secondary N) is 1. The van der Waals surface area contributed by atoms with Gasteiger partial charge >= 0.3 is 0 Å². The van der Waals surface area contributed by atoms with Gasteiger partial charge in [-0.2, -0.15) is 0 Å². The molecule has 0 amide bonds. The van der Waals surface area contributed by atoms with Crippen LogP contribution in [0.1, 0.15) is 47.5 Å². The largest absolute Gasteiger partial charge is 0.366 e. The van der Waals surface area contributed by atoms with Crippen molar-refractivity contribution >= 4 is 0 Å². The Labute approximate surface area is 88.4 Å². The second-order valence-electron chi connectivity index (χ2n) is 5.08. The Morgan fingerprint density at radius 2 is 1.86 bits per heavy atom. The minimum atomic E-state index is 0.0263. The number of rotatable bonds is 3. The summed E-state index contributed by atoms with van der Waals surface area (Å²) in [7, 11) is 0. The van der Waals surface area contributed by atoms with Gasteiger partial charge in [0.25, 0.3) is 0 Å². The Kier molecular flexibility index (Phi) is 3.59. The third-order valence-corrected chi connectivity index (χ3v) is 3.77. The molecule has 1 N–H and O–H groups in total. The molecule has 1 aliphatic rings. The number of morpholine rings is 1. The van der Waals surface area contributed by atoms with Crippen molar-refractivity contribution in [1.29, 1.82) is 0 Å². The fraction of sp³-hybridized carbons (Fsp3) is 1.00. The van der Waals surface area contributed by atoms with Crippen molar-refractivity contribution in [3.8, 4) is 0 Å². The summed E-state index contributed by atoms with van der Waals surface area (Å²) in [6, 6.07) is 0. The Morgan fingerprint density at radius 1 is 1.21 bits per heavy atom. The van der Waals surface area contributed by atoms with E-state index < -0.39 is 0 Å². The van der Waals surface area contributed by atoms with Gasteiger partial charge in [-0.25, -0.2) is 0 Å². The SMILES string of the molecule is CCC1(C)CNCC(CC)(C(C)C)O1. The molecular formula is C12H25NO. The topological polar surface area (TPSA) is 21.3 Å². The van der Waals surface area contributed by atoms with Crippen LogP contribution in [0.5, 0.6) is 0 Å². The average molecular weight is 199 g/mol. The lowest BCUT2D eigenvalue weighted by Crippen LogP contribution is -2.61. The van der Waals surface area contributed by atoms with E-state index in [0.29, 0.717) is 5.92 Å². The molecule has 2 unspecified atom stereocenters. The molecule has 1 heterocycles. The smallest absolute Gasteiger partial charge is 0.0834 e. The predicted molar refractivity (Wildman–Crippen MR) is 60.5 cm³/mol. The Hall–Kier alpha value is -0.0800. The van der Waals surface area contributed by atoms with E-state index in [1.807, 2.05) is 0 Å². The van der Waals surface area contributed by atoms with E-state index >= 15 is 0 Å². The second kappa shape index (κ2) is 4.19. The van der Waals surface area contributed by atoms with E-state index in [9.17, 15) is 0 Å². The van der Waals surface area contributed by atoms with Crippen molar-refractivity contribution in [2.75, 3.05) is 13.1 Å². The molecule has 0 spiro atoms. The van der Waals surface area contributed by atoms with Crippen LogP contribution in [-0.4, -0.2) is 24.3 Å². The maximum absolute atomic E-state index is 6.36. The summed E-state index contributed by atoms with van der Waals surface area (Å²) < 4.78 is 6.36. The molecule has 0 aromatic heterocycles. The van der Waals surface area contributed by atoms with Crippen molar-refractivity contribution in [1.82, 2.24) is 5.32 Å². The zero-order valence-electron chi connectivity index (χ0n) is 10.3. The average Bonchev–Trinajstić information content (AvgIpc) is 2.17. The predicted octanol–water partition coefficient (Wildman–Crippen LogP) is 2.58. The van der Waals surface area contributed by atoms with Gasteiger partial charge in [0.2, 0.25) is 0 Å². The molecule has 0 aromatic rings. The van der Waals surface area contributed by atoms with Crippen LogP contribution in [0.25, 0.3) is 0 Å². The lowest BCUT2D eigenvalue weighted by Gasteiger charge is -2.49. The standard InChI is InChI=1S/C12H25NO/c1-6-11(5)8-13-9-12(7-2,14-11)10(3)4/h10,13H,6-9H2,1-5H3. The Morgan fingerprint density at radius 3 is 2.29 bits per heavy atom. The van der Waals surface area contributed by atoms with Gasteiger partial charge in [-0.1, -0.05) is 27.7 Å². The lowest BCUT2D eigenvalue weighted by molar-refractivity contribution is -0.192. The van der Waals surface area contributed by atoms with Gasteiger partial charge in [0, 0.05) is 13.1 Å². The molecule has 1 saturated heterocycles. The first-order chi connectivity index (χ1) is 6.48. The van der Waals surface area contributed by atoms with Gasteiger partial charge in [-0.3, -0.25) is 0 Å². The van der Waals surface area contributed by atoms with Crippen molar-refractivity contribution < 1.29 is 4.74 Å². The van der Waals surface area contributed by atoms with Crippen LogP contribution < -0.4 is 5.32 Å². The van der Waals surface area contributed by atoms with E-state index in [0.717, 1.165) is 25.9 Å². The Balaban J connectivity index is 2.79. The number of hydrogen-bond acceptors (Lipinski definition) is 2. The minimum Gasteiger partial charge on any atom is -0.366 e. The summed E-state index contributed by atoms with van der Waals surface area (Å²) in [5.41, 5.74) is 0.0710. The molecule has 2 atom stereocenters. The molecule has 0 radical (unpaired) electrons. The first-order valence-electron chi connectivity index (χ1n) is 5.89. The monoisotopic (exact) mass is 199 g/mol. The van der Waals surface area contributed by atoms with E-state index in [2.05, 4.69) is 39.9 Å². The maximum Gasteiger partial charge on any atom is 0.0834 e. The second-order valence-corrected chi connectivity index (χ2v) is 5.08. The van der Waals surface area contributed by atoms with E-state index in [1.165, 1.54) is 0 Å². The molecule has 0 aliphatic carbocycles. The highest BCUT2D eigenvalue weighted by molar-refractivity contribution is 4.95. The maximum atomic E-state index is 6.36. The summed E-state index contributed by atoms with van der Waals surface area (Å²) in [6.07, 6.45) is 2.17. The van der Waals surface area contributed by atoms with Crippen molar-refractivity contribution in [2.45, 2.75) is 58.7 Å². The molecule has 14 heavy (non-hydrogen) atoms. The van der Waals surface area contributed by atoms with Crippen molar-refractivity contribution in [3.63, 3.8) is 0 Å². The van der Waals surface area contributed by atoms with Crippen molar-refractivity contribution in [3.05, 3.63) is 0 Å². The summed E-state index contributed by atoms with van der Waals surface area (Å²) >= 11 is 0. The number of hydrogen-bond donors (Lipinski definition) is 1. The summed E-state index contributed by atoms with van der Waals surface area (Å²) in [6.45, 7) is 13.1. The highest BCUT2D eigenvalue weighted by atomic mass is 16.5. The normalized spacial score (nSPS) is 39.0.